The molecule has 1 aliphatic rings. The Morgan fingerprint density at radius 3 is 1.34 bits per heavy atom. The van der Waals surface area contributed by atoms with E-state index < -0.39 is 16.1 Å². The first kappa shape index (κ1) is 23.5. The maximum atomic E-state index is 2.56. The number of allylic oxidation sites excluding steroid dienone is 2. The summed E-state index contributed by atoms with van der Waals surface area (Å²) in [5.74, 6) is 0. The Balaban J connectivity index is 2.03. The predicted molar refractivity (Wildman–Crippen MR) is 159 cm³/mol. The fourth-order valence-corrected chi connectivity index (χ4v) is 18.4. The standard InChI is InChI=1S/C33H34Si2/c1-5-35(29-24-16-9-17-25-29)32(28-22-14-8-15-23-28)30(26-18-10-6-11-19-26)31(33(35)34(2,3)4)27-20-12-7-13-21-27/h6-25H,5H2,1-4H3. The van der Waals surface area contributed by atoms with Crippen LogP contribution in [0, 0.1) is 0 Å². The van der Waals surface area contributed by atoms with Crippen molar-refractivity contribution < 1.29 is 0 Å². The molecule has 0 fully saturated rings. The molecule has 0 nitrogen and oxygen atoms in total. The second kappa shape index (κ2) is 9.45. The van der Waals surface area contributed by atoms with E-state index in [1.165, 1.54) is 33.0 Å². The van der Waals surface area contributed by atoms with Crippen molar-refractivity contribution in [3.63, 3.8) is 0 Å². The molecule has 2 heteroatoms. The van der Waals surface area contributed by atoms with Gasteiger partial charge in [0.25, 0.3) is 0 Å². The summed E-state index contributed by atoms with van der Waals surface area (Å²) in [7, 11) is -4.05. The van der Waals surface area contributed by atoms with Crippen molar-refractivity contribution in [1.82, 2.24) is 0 Å². The van der Waals surface area contributed by atoms with Crippen molar-refractivity contribution in [3.8, 4) is 0 Å². The number of benzene rings is 4. The van der Waals surface area contributed by atoms with E-state index >= 15 is 0 Å². The topological polar surface area (TPSA) is 0 Å². The van der Waals surface area contributed by atoms with Gasteiger partial charge in [-0.3, -0.25) is 0 Å². The minimum Gasteiger partial charge on any atom is -0.0738 e. The Hall–Kier alpha value is -3.21. The van der Waals surface area contributed by atoms with E-state index in [4.69, 9.17) is 0 Å². The average Bonchev–Trinajstić information content (AvgIpc) is 3.23. The third-order valence-electron chi connectivity index (χ3n) is 7.34. The van der Waals surface area contributed by atoms with Crippen molar-refractivity contribution >= 4 is 37.7 Å². The highest BCUT2D eigenvalue weighted by Gasteiger charge is 2.53. The van der Waals surface area contributed by atoms with Crippen molar-refractivity contribution in [1.29, 1.82) is 0 Å². The maximum Gasteiger partial charge on any atom is 0.142 e. The van der Waals surface area contributed by atoms with E-state index in [0.29, 0.717) is 0 Å². The molecule has 1 aliphatic heterocycles. The molecule has 0 N–H and O–H groups in total. The Morgan fingerprint density at radius 1 is 0.514 bits per heavy atom. The summed E-state index contributed by atoms with van der Waals surface area (Å²) in [4.78, 5) is 1.78. The molecule has 0 bridgehead atoms. The SMILES string of the molecule is CC[Si]1(c2ccccc2)C(c2ccccc2)=C(c2ccccc2)C(c2ccccc2)=C1[Si](C)(C)C. The highest BCUT2D eigenvalue weighted by atomic mass is 28.4. The second-order valence-electron chi connectivity index (χ2n) is 10.5. The summed E-state index contributed by atoms with van der Waals surface area (Å²) in [6.45, 7) is 10.1. The zero-order valence-electron chi connectivity index (χ0n) is 21.3. The average molecular weight is 487 g/mol. The van der Waals surface area contributed by atoms with E-state index in [1.807, 2.05) is 0 Å². The van der Waals surface area contributed by atoms with Crippen LogP contribution in [0.3, 0.4) is 0 Å². The van der Waals surface area contributed by atoms with Crippen LogP contribution in [0.15, 0.2) is 126 Å². The van der Waals surface area contributed by atoms with Gasteiger partial charge in [-0.2, -0.15) is 0 Å². The molecule has 174 valence electrons. The van der Waals surface area contributed by atoms with E-state index in [0.717, 1.165) is 6.04 Å². The van der Waals surface area contributed by atoms with Crippen LogP contribution in [-0.2, 0) is 0 Å². The van der Waals surface area contributed by atoms with E-state index in [-0.39, 0.29) is 0 Å². The summed E-state index contributed by atoms with van der Waals surface area (Å²) in [5, 5.41) is 3.13. The van der Waals surface area contributed by atoms with E-state index in [1.54, 1.807) is 10.0 Å². The molecule has 1 atom stereocenters. The monoisotopic (exact) mass is 486 g/mol. The van der Waals surface area contributed by atoms with Crippen LogP contribution in [0.25, 0.3) is 16.3 Å². The van der Waals surface area contributed by atoms with Gasteiger partial charge in [-0.1, -0.05) is 153 Å². The van der Waals surface area contributed by atoms with E-state index in [9.17, 15) is 0 Å². The molecule has 35 heavy (non-hydrogen) atoms. The molecule has 0 aliphatic carbocycles. The third-order valence-corrected chi connectivity index (χ3v) is 17.5. The molecule has 1 heterocycles. The Labute approximate surface area is 212 Å². The lowest BCUT2D eigenvalue weighted by molar-refractivity contribution is 1.40. The van der Waals surface area contributed by atoms with Gasteiger partial charge < -0.3 is 0 Å². The molecular weight excluding hydrogens is 453 g/mol. The van der Waals surface area contributed by atoms with Crippen LogP contribution in [-0.4, -0.2) is 16.1 Å². The fourth-order valence-electron chi connectivity index (χ4n) is 6.17. The van der Waals surface area contributed by atoms with Gasteiger partial charge >= 0.3 is 0 Å². The summed E-state index contributed by atoms with van der Waals surface area (Å²) in [6, 6.07) is 46.2. The van der Waals surface area contributed by atoms with E-state index in [2.05, 4.69) is 148 Å². The lowest BCUT2D eigenvalue weighted by atomic mass is 9.92. The highest BCUT2D eigenvalue weighted by Crippen LogP contribution is 2.55. The molecule has 5 rings (SSSR count). The molecule has 0 saturated heterocycles. The van der Waals surface area contributed by atoms with Crippen LogP contribution in [0.2, 0.25) is 25.7 Å². The largest absolute Gasteiger partial charge is 0.142 e. The number of rotatable bonds is 6. The Kier molecular flexibility index (Phi) is 6.35. The number of hydrogen-bond acceptors (Lipinski definition) is 0. The molecule has 0 aromatic heterocycles. The smallest absolute Gasteiger partial charge is 0.0738 e. The van der Waals surface area contributed by atoms with Crippen molar-refractivity contribution in [2.75, 3.05) is 0 Å². The van der Waals surface area contributed by atoms with Crippen LogP contribution in [0.4, 0.5) is 0 Å². The van der Waals surface area contributed by atoms with Gasteiger partial charge in [0.1, 0.15) is 8.07 Å². The summed E-state index contributed by atoms with van der Waals surface area (Å²) in [6.07, 6.45) is 0. The van der Waals surface area contributed by atoms with Gasteiger partial charge in [0.05, 0.1) is 8.07 Å². The van der Waals surface area contributed by atoms with Crippen molar-refractivity contribution in [2.24, 2.45) is 0 Å². The second-order valence-corrected chi connectivity index (χ2v) is 20.1. The molecule has 0 amide bonds. The Morgan fingerprint density at radius 2 is 0.914 bits per heavy atom. The van der Waals surface area contributed by atoms with Gasteiger partial charge in [-0.05, 0) is 44.3 Å². The first-order chi connectivity index (χ1) is 17.0. The number of hydrogen-bond donors (Lipinski definition) is 0. The van der Waals surface area contributed by atoms with Crippen LogP contribution >= 0.6 is 0 Å². The van der Waals surface area contributed by atoms with Crippen molar-refractivity contribution in [2.45, 2.75) is 32.6 Å². The van der Waals surface area contributed by atoms with Gasteiger partial charge in [-0.15, -0.1) is 0 Å². The fraction of sp³-hybridized carbons (Fsp3) is 0.152. The molecule has 4 aromatic rings. The van der Waals surface area contributed by atoms with Crippen LogP contribution < -0.4 is 5.19 Å². The lowest BCUT2D eigenvalue weighted by Crippen LogP contribution is -2.55. The normalized spacial score (nSPS) is 18.3. The van der Waals surface area contributed by atoms with Gasteiger partial charge in [0, 0.05) is 0 Å². The minimum atomic E-state index is -2.29. The van der Waals surface area contributed by atoms with Crippen molar-refractivity contribution in [3.05, 3.63) is 143 Å². The van der Waals surface area contributed by atoms with Gasteiger partial charge in [0.15, 0.2) is 0 Å². The third kappa shape index (κ3) is 4.01. The first-order valence-electron chi connectivity index (χ1n) is 12.7. The molecule has 0 saturated carbocycles. The highest BCUT2D eigenvalue weighted by molar-refractivity contribution is 7.24. The molecule has 4 aromatic carbocycles. The summed E-state index contributed by atoms with van der Waals surface area (Å²) >= 11 is 0. The Bertz CT molecular complexity index is 1360. The maximum absolute atomic E-state index is 2.56. The summed E-state index contributed by atoms with van der Waals surface area (Å²) in [5.41, 5.74) is 7.03. The van der Waals surface area contributed by atoms with Crippen LogP contribution in [0.1, 0.15) is 23.6 Å². The zero-order valence-corrected chi connectivity index (χ0v) is 23.3. The molecular formula is C33H34Si2. The summed E-state index contributed by atoms with van der Waals surface area (Å²) < 4.78 is 0. The molecule has 0 spiro atoms. The van der Waals surface area contributed by atoms with Crippen LogP contribution in [0.5, 0.6) is 0 Å². The predicted octanol–water partition coefficient (Wildman–Crippen LogP) is 8.40. The van der Waals surface area contributed by atoms with Gasteiger partial charge in [-0.25, -0.2) is 0 Å². The lowest BCUT2D eigenvalue weighted by Gasteiger charge is -2.39. The quantitative estimate of drug-likeness (QED) is 0.240. The molecule has 1 unspecified atom stereocenters. The minimum absolute atomic E-state index is 1.16. The molecule has 0 radical (unpaired) electrons. The van der Waals surface area contributed by atoms with Gasteiger partial charge in [0.2, 0.25) is 0 Å². The zero-order chi connectivity index (χ0) is 24.5. The first-order valence-corrected chi connectivity index (χ1v) is 18.4.